The van der Waals surface area contributed by atoms with Gasteiger partial charge in [0.15, 0.2) is 6.10 Å². The number of hydrogen-bond donors (Lipinski definition) is 3. The lowest BCUT2D eigenvalue weighted by Gasteiger charge is -2.43. The number of phenolic OH excluding ortho intramolecular Hbond substituents is 1. The van der Waals surface area contributed by atoms with Crippen LogP contribution in [0.5, 0.6) is 5.75 Å². The van der Waals surface area contributed by atoms with Gasteiger partial charge < -0.3 is 39.9 Å². The summed E-state index contributed by atoms with van der Waals surface area (Å²) in [5.74, 6) is -1.04. The molecule has 6 rings (SSSR count). The fourth-order valence-corrected chi connectivity index (χ4v) is 7.95. The topological polar surface area (TPSA) is 146 Å². The van der Waals surface area contributed by atoms with Gasteiger partial charge in [0.2, 0.25) is 0 Å². The first-order chi connectivity index (χ1) is 24.5. The molecule has 272 valence electrons. The summed E-state index contributed by atoms with van der Waals surface area (Å²) in [5, 5.41) is 22.3. The van der Waals surface area contributed by atoms with Crippen LogP contribution in [0.25, 0.3) is 0 Å². The summed E-state index contributed by atoms with van der Waals surface area (Å²) in [7, 11) is 6.05. The Bertz CT molecular complexity index is 1560. The number of hydrogen-bond acceptors (Lipinski definition) is 8. The number of para-hydroxylation sites is 1. The van der Waals surface area contributed by atoms with Crippen molar-refractivity contribution in [1.82, 2.24) is 24.5 Å². The highest BCUT2D eigenvalue weighted by Crippen LogP contribution is 2.26. The molecule has 4 aliphatic rings. The second kappa shape index (κ2) is 16.4. The molecule has 0 aliphatic carbocycles. The van der Waals surface area contributed by atoms with Crippen LogP contribution in [0.1, 0.15) is 48.8 Å². The van der Waals surface area contributed by atoms with Gasteiger partial charge >= 0.3 is 18.1 Å². The maximum Gasteiger partial charge on any atom is 0.410 e. The average Bonchev–Trinajstić information content (AvgIpc) is 3.30. The Morgan fingerprint density at radius 1 is 0.922 bits per heavy atom. The molecule has 2 aromatic carbocycles. The van der Waals surface area contributed by atoms with Gasteiger partial charge in [0, 0.05) is 89.6 Å². The minimum absolute atomic E-state index is 0.00625. The number of likely N-dealkylation sites (tertiary alicyclic amines) is 2. The summed E-state index contributed by atoms with van der Waals surface area (Å²) in [5.41, 5.74) is 3.41. The molecule has 4 heterocycles. The van der Waals surface area contributed by atoms with Crippen LogP contribution in [0.2, 0.25) is 0 Å². The zero-order valence-corrected chi connectivity index (χ0v) is 29.5. The number of benzene rings is 2. The van der Waals surface area contributed by atoms with E-state index >= 15 is 0 Å². The van der Waals surface area contributed by atoms with Crippen LogP contribution >= 0.6 is 0 Å². The summed E-state index contributed by atoms with van der Waals surface area (Å²) in [6, 6.07) is 11.4. The lowest BCUT2D eigenvalue weighted by Crippen LogP contribution is -2.55. The third-order valence-electron chi connectivity index (χ3n) is 11.0. The summed E-state index contributed by atoms with van der Waals surface area (Å²) >= 11 is 0. The molecule has 0 saturated carbocycles. The normalized spacial score (nSPS) is 20.3. The minimum atomic E-state index is -1.07. The molecule has 4 aliphatic heterocycles. The predicted molar refractivity (Wildman–Crippen MR) is 193 cm³/mol. The first kappa shape index (κ1) is 36.5. The molecule has 0 bridgehead atoms. The van der Waals surface area contributed by atoms with Crippen molar-refractivity contribution >= 4 is 43.0 Å². The number of carbonyl (C=O) groups is 4. The Morgan fingerprint density at radius 2 is 1.59 bits per heavy atom. The van der Waals surface area contributed by atoms with Crippen LogP contribution in [0, 0.1) is 6.92 Å². The number of aryl methyl sites for hydroxylation is 1. The van der Waals surface area contributed by atoms with Gasteiger partial charge in [-0.1, -0.05) is 35.8 Å². The van der Waals surface area contributed by atoms with Crippen molar-refractivity contribution in [3.63, 3.8) is 0 Å². The molecule has 2 aromatic rings. The van der Waals surface area contributed by atoms with E-state index in [2.05, 4.69) is 15.1 Å². The number of phenols is 1. The number of urea groups is 1. The molecule has 1 atom stereocenters. The largest absolute Gasteiger partial charge is 0.508 e. The fourth-order valence-electron chi connectivity index (χ4n) is 7.95. The summed E-state index contributed by atoms with van der Waals surface area (Å²) < 4.78 is 6.02. The number of amides is 4. The number of carboxylic acids is 1. The number of aromatic hydroxyl groups is 1. The number of nitrogens with zero attached hydrogens (tertiary/aromatic N) is 5. The first-order valence-corrected chi connectivity index (χ1v) is 18.2. The van der Waals surface area contributed by atoms with Gasteiger partial charge in [-0.3, -0.25) is 14.5 Å². The molecule has 14 heteroatoms. The Kier molecular flexibility index (Phi) is 11.7. The van der Waals surface area contributed by atoms with Crippen molar-refractivity contribution in [2.45, 2.75) is 70.1 Å². The van der Waals surface area contributed by atoms with E-state index < -0.39 is 18.2 Å². The third-order valence-corrected chi connectivity index (χ3v) is 11.0. The van der Waals surface area contributed by atoms with Gasteiger partial charge in [0.25, 0.3) is 5.91 Å². The summed E-state index contributed by atoms with van der Waals surface area (Å²) in [6.45, 7) is 8.19. The summed E-state index contributed by atoms with van der Waals surface area (Å²) in [6.07, 6.45) is 2.21. The smallest absolute Gasteiger partial charge is 0.410 e. The van der Waals surface area contributed by atoms with E-state index in [0.717, 1.165) is 56.7 Å². The van der Waals surface area contributed by atoms with Crippen LogP contribution in [0.3, 0.4) is 0 Å². The quantitative estimate of drug-likeness (QED) is 0.335. The van der Waals surface area contributed by atoms with E-state index in [-0.39, 0.29) is 42.0 Å². The Morgan fingerprint density at radius 3 is 2.27 bits per heavy atom. The molecular formula is C37H49BN6O7. The van der Waals surface area contributed by atoms with E-state index in [4.69, 9.17) is 17.7 Å². The second-order valence-corrected chi connectivity index (χ2v) is 14.3. The third kappa shape index (κ3) is 8.96. The van der Waals surface area contributed by atoms with Crippen molar-refractivity contribution in [2.24, 2.45) is 0 Å². The number of piperidine rings is 2. The predicted octanol–water partition coefficient (Wildman–Crippen LogP) is 2.18. The molecule has 3 saturated heterocycles. The summed E-state index contributed by atoms with van der Waals surface area (Å²) in [4.78, 5) is 61.7. The van der Waals surface area contributed by atoms with Crippen LogP contribution in [-0.4, -0.2) is 150 Å². The molecule has 51 heavy (non-hydrogen) atoms. The molecule has 0 spiro atoms. The maximum atomic E-state index is 14.1. The standard InChI is InChI=1S/C37H49BN6O7/c1-25-22-26(23-30(38)34(25)47)24-32(35(48)42-13-7-28(8-14-42)41-20-18-40(19-21-41)12-11-33(45)46)51-37(50)43-15-9-29(10-16-43)44-17-6-27-4-2-3-5-31(27)39-36(44)49/h2-5,22-23,28-29,32,47H,6-21,24H2,1H3,(H,39,49)(H,45,46)/t32-/m1/s1. The average molecular weight is 701 g/mol. The Hall–Kier alpha value is -4.30. The molecule has 3 N–H and O–H groups in total. The van der Waals surface area contributed by atoms with Gasteiger partial charge in [-0.25, -0.2) is 9.59 Å². The maximum absolute atomic E-state index is 14.1. The molecule has 0 aromatic heterocycles. The van der Waals surface area contributed by atoms with Gasteiger partial charge in [-0.15, -0.1) is 0 Å². The van der Waals surface area contributed by atoms with E-state index in [9.17, 15) is 24.3 Å². The highest BCUT2D eigenvalue weighted by atomic mass is 16.6. The van der Waals surface area contributed by atoms with Crippen LogP contribution in [-0.2, 0) is 27.2 Å². The van der Waals surface area contributed by atoms with E-state index in [1.807, 2.05) is 29.2 Å². The Balaban J connectivity index is 1.05. The number of ether oxygens (including phenoxy) is 1. The van der Waals surface area contributed by atoms with Crippen molar-refractivity contribution in [3.05, 3.63) is 53.1 Å². The van der Waals surface area contributed by atoms with E-state index in [1.165, 1.54) is 0 Å². The highest BCUT2D eigenvalue weighted by molar-refractivity contribution is 6.34. The number of nitrogens with one attached hydrogen (secondary N) is 1. The monoisotopic (exact) mass is 700 g/mol. The number of anilines is 1. The number of fused-ring (bicyclic) bond motifs is 1. The zero-order valence-electron chi connectivity index (χ0n) is 29.5. The highest BCUT2D eigenvalue weighted by Gasteiger charge is 2.36. The molecular weight excluding hydrogens is 651 g/mol. The van der Waals surface area contributed by atoms with Crippen LogP contribution in [0.15, 0.2) is 36.4 Å². The SMILES string of the molecule is [B]c1cc(C[C@@H](OC(=O)N2CCC(N3CCc4ccccc4NC3=O)CC2)C(=O)N2CCC(N3CCN(CCC(=O)O)CC3)CC2)cc(C)c1O. The van der Waals surface area contributed by atoms with Crippen molar-refractivity contribution in [3.8, 4) is 5.75 Å². The van der Waals surface area contributed by atoms with Crippen molar-refractivity contribution < 1.29 is 34.1 Å². The number of carboxylic acid groups (broad SMARTS) is 1. The van der Waals surface area contributed by atoms with Gasteiger partial charge in [-0.05, 0) is 61.8 Å². The van der Waals surface area contributed by atoms with Gasteiger partial charge in [0.05, 0.1) is 6.42 Å². The van der Waals surface area contributed by atoms with E-state index in [0.29, 0.717) is 69.3 Å². The van der Waals surface area contributed by atoms with Gasteiger partial charge in [0.1, 0.15) is 13.6 Å². The van der Waals surface area contributed by atoms with Crippen molar-refractivity contribution in [1.29, 1.82) is 0 Å². The molecule has 13 nitrogen and oxygen atoms in total. The fraction of sp³-hybridized carbons (Fsp3) is 0.568. The van der Waals surface area contributed by atoms with Crippen LogP contribution < -0.4 is 10.8 Å². The zero-order chi connectivity index (χ0) is 36.1. The first-order valence-electron chi connectivity index (χ1n) is 18.2. The lowest BCUT2D eigenvalue weighted by molar-refractivity contribution is -0.143. The molecule has 0 unspecified atom stereocenters. The number of aliphatic carboxylic acids is 1. The van der Waals surface area contributed by atoms with Crippen LogP contribution in [0.4, 0.5) is 15.3 Å². The molecule has 2 radical (unpaired) electrons. The van der Waals surface area contributed by atoms with E-state index in [1.54, 1.807) is 28.9 Å². The lowest BCUT2D eigenvalue weighted by atomic mass is 9.89. The number of rotatable bonds is 9. The second-order valence-electron chi connectivity index (χ2n) is 14.3. The number of piperazine rings is 1. The molecule has 4 amide bonds. The number of carbonyl (C=O) groups excluding carboxylic acids is 3. The van der Waals surface area contributed by atoms with Crippen molar-refractivity contribution in [2.75, 3.05) is 70.8 Å². The Labute approximate surface area is 300 Å². The minimum Gasteiger partial charge on any atom is -0.508 e. The van der Waals surface area contributed by atoms with Gasteiger partial charge in [-0.2, -0.15) is 0 Å². The molecule has 3 fully saturated rings.